The molecular formula is C18H18BrClO2. The maximum atomic E-state index is 12.3. The molecule has 0 fully saturated rings. The fraction of sp³-hybridized carbons (Fsp3) is 0.278. The maximum absolute atomic E-state index is 12.3. The number of carbonyl (C=O) groups excluding carboxylic acids is 1. The molecular weight excluding hydrogens is 364 g/mol. The Kier molecular flexibility index (Phi) is 6.47. The average molecular weight is 382 g/mol. The molecule has 0 spiro atoms. The van der Waals surface area contributed by atoms with Gasteiger partial charge >= 0.3 is 0 Å². The number of halogens is 2. The van der Waals surface area contributed by atoms with Crippen LogP contribution in [0.4, 0.5) is 0 Å². The van der Waals surface area contributed by atoms with Gasteiger partial charge in [0, 0.05) is 10.6 Å². The van der Waals surface area contributed by atoms with Crippen molar-refractivity contribution in [2.75, 3.05) is 0 Å². The number of ether oxygens (including phenoxy) is 1. The van der Waals surface area contributed by atoms with Gasteiger partial charge in [0.05, 0.1) is 4.83 Å². The van der Waals surface area contributed by atoms with Crippen LogP contribution in [0.1, 0.15) is 36.5 Å². The highest BCUT2D eigenvalue weighted by atomic mass is 79.9. The fourth-order valence-electron chi connectivity index (χ4n) is 2.02. The van der Waals surface area contributed by atoms with Gasteiger partial charge in [-0.05, 0) is 55.0 Å². The Morgan fingerprint density at radius 1 is 1.09 bits per heavy atom. The number of hydrogen-bond acceptors (Lipinski definition) is 2. The van der Waals surface area contributed by atoms with Crippen LogP contribution in [0.2, 0.25) is 5.02 Å². The van der Waals surface area contributed by atoms with Crippen LogP contribution < -0.4 is 4.74 Å². The van der Waals surface area contributed by atoms with Gasteiger partial charge in [0.1, 0.15) is 11.5 Å². The van der Waals surface area contributed by atoms with Gasteiger partial charge in [0.2, 0.25) is 0 Å². The number of hydrogen-bond donors (Lipinski definition) is 0. The average Bonchev–Trinajstić information content (AvgIpc) is 2.55. The van der Waals surface area contributed by atoms with Crippen molar-refractivity contribution >= 4 is 33.3 Å². The maximum Gasteiger partial charge on any atom is 0.176 e. The van der Waals surface area contributed by atoms with Gasteiger partial charge in [-0.25, -0.2) is 0 Å². The number of unbranched alkanes of at least 4 members (excludes halogenated alkanes) is 1. The summed E-state index contributed by atoms with van der Waals surface area (Å²) in [6.45, 7) is 2.12. The molecule has 0 aromatic heterocycles. The first-order valence-corrected chi connectivity index (χ1v) is 8.61. The van der Waals surface area contributed by atoms with Crippen molar-refractivity contribution in [2.24, 2.45) is 0 Å². The molecule has 22 heavy (non-hydrogen) atoms. The summed E-state index contributed by atoms with van der Waals surface area (Å²) in [6, 6.07) is 14.4. The lowest BCUT2D eigenvalue weighted by Gasteiger charge is -2.09. The Balaban J connectivity index is 2.00. The van der Waals surface area contributed by atoms with Crippen LogP contribution in [0.3, 0.4) is 0 Å². The van der Waals surface area contributed by atoms with Crippen LogP contribution in [0, 0.1) is 0 Å². The Bertz CT molecular complexity index is 608. The van der Waals surface area contributed by atoms with Crippen molar-refractivity contribution in [2.45, 2.75) is 31.0 Å². The molecule has 0 saturated carbocycles. The molecule has 2 rings (SSSR count). The molecule has 0 aliphatic heterocycles. The molecule has 0 radical (unpaired) electrons. The molecule has 0 N–H and O–H groups in total. The number of carbonyl (C=O) groups is 1. The number of rotatable bonds is 7. The summed E-state index contributed by atoms with van der Waals surface area (Å²) in [4.78, 5) is 12.1. The van der Waals surface area contributed by atoms with Crippen molar-refractivity contribution in [1.82, 2.24) is 0 Å². The predicted octanol–water partition coefficient (Wildman–Crippen LogP) is 6.27. The van der Waals surface area contributed by atoms with E-state index in [0.29, 0.717) is 22.1 Å². The molecule has 0 aliphatic carbocycles. The lowest BCUT2D eigenvalue weighted by molar-refractivity contribution is 0.0988. The second-order valence-corrected chi connectivity index (χ2v) is 6.60. The summed E-state index contributed by atoms with van der Waals surface area (Å²) in [5, 5.41) is 0.670. The monoisotopic (exact) mass is 380 g/mol. The molecule has 0 bridgehead atoms. The standard InChI is InChI=1S/C18H18BrClO2/c1-2-3-4-17(19)18(21)13-5-9-15(10-6-13)22-16-11-7-14(20)8-12-16/h5-12,17H,2-4H2,1H3. The van der Waals surface area contributed by atoms with Crippen LogP contribution >= 0.6 is 27.5 Å². The Morgan fingerprint density at radius 2 is 1.64 bits per heavy atom. The second kappa shape index (κ2) is 8.35. The first-order valence-electron chi connectivity index (χ1n) is 7.32. The van der Waals surface area contributed by atoms with E-state index in [9.17, 15) is 4.79 Å². The van der Waals surface area contributed by atoms with Gasteiger partial charge in [-0.1, -0.05) is 47.3 Å². The van der Waals surface area contributed by atoms with Crippen molar-refractivity contribution in [3.05, 3.63) is 59.1 Å². The highest BCUT2D eigenvalue weighted by Gasteiger charge is 2.16. The minimum atomic E-state index is -0.115. The van der Waals surface area contributed by atoms with Gasteiger partial charge in [-0.3, -0.25) is 4.79 Å². The third kappa shape index (κ3) is 4.85. The summed E-state index contributed by atoms with van der Waals surface area (Å²) in [7, 11) is 0. The minimum Gasteiger partial charge on any atom is -0.457 e. The van der Waals surface area contributed by atoms with Gasteiger partial charge in [0.25, 0.3) is 0 Å². The molecule has 0 amide bonds. The van der Waals surface area contributed by atoms with E-state index in [-0.39, 0.29) is 10.6 Å². The fourth-order valence-corrected chi connectivity index (χ4v) is 2.74. The van der Waals surface area contributed by atoms with E-state index < -0.39 is 0 Å². The van der Waals surface area contributed by atoms with Crippen LogP contribution in [0.15, 0.2) is 48.5 Å². The van der Waals surface area contributed by atoms with E-state index in [1.54, 1.807) is 48.5 Å². The third-order valence-corrected chi connectivity index (χ3v) is 4.41. The zero-order valence-electron chi connectivity index (χ0n) is 12.4. The number of Topliss-reactive ketones (excluding diaryl/α,β-unsaturated/α-hetero) is 1. The van der Waals surface area contributed by atoms with Gasteiger partial charge in [0.15, 0.2) is 5.78 Å². The Labute approximate surface area is 144 Å². The summed E-state index contributed by atoms with van der Waals surface area (Å²) in [6.07, 6.45) is 2.99. The minimum absolute atomic E-state index is 0.115. The van der Waals surface area contributed by atoms with Crippen LogP contribution in [-0.2, 0) is 0 Å². The van der Waals surface area contributed by atoms with E-state index in [0.717, 1.165) is 19.3 Å². The Hall–Kier alpha value is -1.32. The number of ketones is 1. The zero-order valence-corrected chi connectivity index (χ0v) is 14.7. The lowest BCUT2D eigenvalue weighted by atomic mass is 10.0. The second-order valence-electron chi connectivity index (χ2n) is 5.05. The summed E-state index contributed by atoms with van der Waals surface area (Å²) in [5.74, 6) is 1.52. The van der Waals surface area contributed by atoms with Crippen LogP contribution in [0.5, 0.6) is 11.5 Å². The smallest absolute Gasteiger partial charge is 0.176 e. The van der Waals surface area contributed by atoms with E-state index >= 15 is 0 Å². The topological polar surface area (TPSA) is 26.3 Å². The van der Waals surface area contributed by atoms with E-state index in [2.05, 4.69) is 22.9 Å². The van der Waals surface area contributed by atoms with Crippen molar-refractivity contribution in [1.29, 1.82) is 0 Å². The molecule has 0 aliphatic rings. The molecule has 2 nitrogen and oxygen atoms in total. The van der Waals surface area contributed by atoms with E-state index in [4.69, 9.17) is 16.3 Å². The largest absolute Gasteiger partial charge is 0.457 e. The number of alkyl halides is 1. The molecule has 1 unspecified atom stereocenters. The molecule has 2 aromatic rings. The summed E-state index contributed by atoms with van der Waals surface area (Å²) >= 11 is 9.31. The summed E-state index contributed by atoms with van der Waals surface area (Å²) < 4.78 is 5.71. The van der Waals surface area contributed by atoms with Crippen LogP contribution in [-0.4, -0.2) is 10.6 Å². The zero-order chi connectivity index (χ0) is 15.9. The van der Waals surface area contributed by atoms with Crippen LogP contribution in [0.25, 0.3) is 0 Å². The Morgan fingerprint density at radius 3 is 2.18 bits per heavy atom. The normalized spacial score (nSPS) is 12.0. The van der Waals surface area contributed by atoms with E-state index in [1.165, 1.54) is 0 Å². The molecule has 1 atom stereocenters. The van der Waals surface area contributed by atoms with E-state index in [1.807, 2.05) is 0 Å². The molecule has 116 valence electrons. The SMILES string of the molecule is CCCCC(Br)C(=O)c1ccc(Oc2ccc(Cl)cc2)cc1. The lowest BCUT2D eigenvalue weighted by Crippen LogP contribution is -2.13. The van der Waals surface area contributed by atoms with Crippen molar-refractivity contribution < 1.29 is 9.53 Å². The predicted molar refractivity (Wildman–Crippen MR) is 94.5 cm³/mol. The first-order chi connectivity index (χ1) is 10.6. The van der Waals surface area contributed by atoms with Gasteiger partial charge in [-0.2, -0.15) is 0 Å². The molecule has 0 saturated heterocycles. The third-order valence-electron chi connectivity index (χ3n) is 3.28. The molecule has 4 heteroatoms. The summed E-state index contributed by atoms with van der Waals surface area (Å²) in [5.41, 5.74) is 0.696. The quantitative estimate of drug-likeness (QED) is 0.417. The van der Waals surface area contributed by atoms with Gasteiger partial charge in [-0.15, -0.1) is 0 Å². The first kappa shape index (κ1) is 17.0. The van der Waals surface area contributed by atoms with Crippen molar-refractivity contribution in [3.8, 4) is 11.5 Å². The van der Waals surface area contributed by atoms with Gasteiger partial charge < -0.3 is 4.74 Å². The highest BCUT2D eigenvalue weighted by Crippen LogP contribution is 2.24. The highest BCUT2D eigenvalue weighted by molar-refractivity contribution is 9.10. The molecule has 2 aromatic carbocycles. The van der Waals surface area contributed by atoms with Crippen molar-refractivity contribution in [3.63, 3.8) is 0 Å². The number of benzene rings is 2. The molecule has 0 heterocycles.